The topological polar surface area (TPSA) is 12.0 Å². The van der Waals surface area contributed by atoms with Crippen molar-refractivity contribution in [3.63, 3.8) is 0 Å². The second kappa shape index (κ2) is 7.94. The molecule has 0 aliphatic rings. The molecule has 0 aromatic rings. The van der Waals surface area contributed by atoms with E-state index in [-0.39, 0.29) is 0 Å². The average Bonchev–Trinajstić information content (AvgIpc) is 2.26. The van der Waals surface area contributed by atoms with Gasteiger partial charge in [0.05, 0.1) is 0 Å². The largest absolute Gasteiger partial charge is 0.358 e. The molecule has 0 rings (SSSR count). The Hall–Kier alpha value is -0.235. The molecule has 1 N–H and O–H groups in total. The van der Waals surface area contributed by atoms with E-state index in [0.717, 1.165) is 26.2 Å². The molecule has 0 heterocycles. The summed E-state index contributed by atoms with van der Waals surface area (Å²) in [6.45, 7) is 14.9. The predicted octanol–water partition coefficient (Wildman–Crippen LogP) is 3.77. The highest BCUT2D eigenvalue weighted by Crippen LogP contribution is 2.33. The maximum Gasteiger partial charge on any atom is 0.205 e. The van der Waals surface area contributed by atoms with Gasteiger partial charge in [0.1, 0.15) is 0 Å². The molecule has 0 radical (unpaired) electrons. The van der Waals surface area contributed by atoms with Gasteiger partial charge in [0.25, 0.3) is 0 Å². The van der Waals surface area contributed by atoms with E-state index in [0.29, 0.717) is 5.41 Å². The van der Waals surface area contributed by atoms with Crippen LogP contribution >= 0.6 is 0 Å². The van der Waals surface area contributed by atoms with E-state index >= 15 is 0 Å². The van der Waals surface area contributed by atoms with E-state index in [2.05, 4.69) is 52.8 Å². The highest BCUT2D eigenvalue weighted by molar-refractivity contribution is 6.32. The van der Waals surface area contributed by atoms with Gasteiger partial charge < -0.3 is 5.23 Å². The Morgan fingerprint density at radius 2 is 1.88 bits per heavy atom. The predicted molar refractivity (Wildman–Crippen MR) is 77.2 cm³/mol. The van der Waals surface area contributed by atoms with Crippen LogP contribution in [0.15, 0.2) is 11.6 Å². The fourth-order valence-electron chi connectivity index (χ4n) is 1.97. The van der Waals surface area contributed by atoms with Crippen molar-refractivity contribution in [2.24, 2.45) is 11.3 Å². The van der Waals surface area contributed by atoms with Crippen LogP contribution in [0.2, 0.25) is 6.32 Å². The van der Waals surface area contributed by atoms with Crippen LogP contribution in [-0.4, -0.2) is 14.0 Å². The lowest BCUT2D eigenvalue weighted by Crippen LogP contribution is -2.34. The first-order valence-electron chi connectivity index (χ1n) is 6.80. The Bertz CT molecular complexity index is 203. The summed E-state index contributed by atoms with van der Waals surface area (Å²) in [4.78, 5) is 0. The third kappa shape index (κ3) is 5.74. The lowest BCUT2D eigenvalue weighted by molar-refractivity contribution is 0.186. The average molecular weight is 223 g/mol. The normalized spacial score (nSPS) is 13.4. The van der Waals surface area contributed by atoms with Gasteiger partial charge >= 0.3 is 0 Å². The number of rotatable bonds is 8. The van der Waals surface area contributed by atoms with Gasteiger partial charge in [0.15, 0.2) is 0 Å². The molecule has 0 bridgehead atoms. The van der Waals surface area contributed by atoms with Crippen LogP contribution in [0.25, 0.3) is 0 Å². The van der Waals surface area contributed by atoms with E-state index in [1.54, 1.807) is 0 Å². The zero-order valence-corrected chi connectivity index (χ0v) is 12.2. The molecule has 0 spiro atoms. The van der Waals surface area contributed by atoms with Crippen LogP contribution in [0.1, 0.15) is 54.4 Å². The SMILES string of the molecule is CCC(C)(CC)C(C)CNBCC=C(C)C. The monoisotopic (exact) mass is 223 g/mol. The van der Waals surface area contributed by atoms with Crippen LogP contribution in [0.5, 0.6) is 0 Å². The molecule has 0 amide bonds. The van der Waals surface area contributed by atoms with Gasteiger partial charge in [-0.15, -0.1) is 0 Å². The number of hydrogen-bond acceptors (Lipinski definition) is 1. The zero-order valence-electron chi connectivity index (χ0n) is 12.2. The number of hydrogen-bond donors (Lipinski definition) is 1. The van der Waals surface area contributed by atoms with Gasteiger partial charge in [-0.3, -0.25) is 0 Å². The third-order valence-electron chi connectivity index (χ3n) is 4.13. The summed E-state index contributed by atoms with van der Waals surface area (Å²) in [5, 5.41) is 3.57. The molecule has 16 heavy (non-hydrogen) atoms. The molecular formula is C14H30BN. The van der Waals surface area contributed by atoms with Crippen molar-refractivity contribution in [3.05, 3.63) is 11.6 Å². The second-order valence-corrected chi connectivity index (χ2v) is 5.54. The van der Waals surface area contributed by atoms with Crippen LogP contribution in [-0.2, 0) is 0 Å². The van der Waals surface area contributed by atoms with E-state index in [1.165, 1.54) is 18.4 Å². The lowest BCUT2D eigenvalue weighted by atomic mass is 9.73. The molecule has 0 aliphatic carbocycles. The molecule has 0 fully saturated rings. The summed E-state index contributed by atoms with van der Waals surface area (Å²) in [5.41, 5.74) is 1.92. The van der Waals surface area contributed by atoms with Gasteiger partial charge in [0.2, 0.25) is 7.41 Å². The van der Waals surface area contributed by atoms with Crippen molar-refractivity contribution in [1.82, 2.24) is 5.23 Å². The lowest BCUT2D eigenvalue weighted by Gasteiger charge is -2.34. The number of nitrogens with one attached hydrogen (secondary N) is 1. The van der Waals surface area contributed by atoms with E-state index in [1.807, 2.05) is 0 Å². The summed E-state index contributed by atoms with van der Waals surface area (Å²) >= 11 is 0. The summed E-state index contributed by atoms with van der Waals surface area (Å²) in [7, 11) is 1.11. The standard InChI is InChI=1S/C14H30BN/c1-7-14(6,8-2)13(5)11-16-15-10-9-12(3)4/h9,13,15-16H,7-8,10-11H2,1-6H3. The Morgan fingerprint density at radius 3 is 2.31 bits per heavy atom. The minimum atomic E-state index is 0.503. The second-order valence-electron chi connectivity index (χ2n) is 5.54. The fourth-order valence-corrected chi connectivity index (χ4v) is 1.97. The van der Waals surface area contributed by atoms with Crippen molar-refractivity contribution >= 4 is 7.41 Å². The molecule has 0 aliphatic heterocycles. The minimum absolute atomic E-state index is 0.503. The van der Waals surface area contributed by atoms with Crippen molar-refractivity contribution in [2.45, 2.75) is 60.7 Å². The van der Waals surface area contributed by atoms with Gasteiger partial charge in [-0.1, -0.05) is 52.2 Å². The highest BCUT2D eigenvalue weighted by Gasteiger charge is 2.26. The Morgan fingerprint density at radius 1 is 1.31 bits per heavy atom. The Balaban J connectivity index is 3.80. The van der Waals surface area contributed by atoms with Crippen molar-refractivity contribution < 1.29 is 0 Å². The van der Waals surface area contributed by atoms with Gasteiger partial charge in [0, 0.05) is 0 Å². The quantitative estimate of drug-likeness (QED) is 0.375. The summed E-state index contributed by atoms with van der Waals surface area (Å²) < 4.78 is 0. The molecule has 1 nitrogen and oxygen atoms in total. The van der Waals surface area contributed by atoms with Crippen LogP contribution in [0.3, 0.4) is 0 Å². The molecular weight excluding hydrogens is 193 g/mol. The van der Waals surface area contributed by atoms with Gasteiger partial charge in [-0.2, -0.15) is 0 Å². The first kappa shape index (κ1) is 15.8. The van der Waals surface area contributed by atoms with Gasteiger partial charge in [-0.05, 0) is 38.0 Å². The maximum atomic E-state index is 3.57. The molecule has 0 aromatic heterocycles. The third-order valence-corrected chi connectivity index (χ3v) is 4.13. The molecule has 2 heteroatoms. The summed E-state index contributed by atoms with van der Waals surface area (Å²) in [6.07, 6.45) is 6.02. The highest BCUT2D eigenvalue weighted by atomic mass is 14.8. The zero-order chi connectivity index (χ0) is 12.6. The van der Waals surface area contributed by atoms with Crippen molar-refractivity contribution in [2.75, 3.05) is 6.54 Å². The molecule has 0 aromatic carbocycles. The van der Waals surface area contributed by atoms with Crippen LogP contribution in [0.4, 0.5) is 0 Å². The first-order valence-corrected chi connectivity index (χ1v) is 6.80. The van der Waals surface area contributed by atoms with Crippen LogP contribution < -0.4 is 5.23 Å². The summed E-state index contributed by atoms with van der Waals surface area (Å²) in [5.74, 6) is 0.759. The molecule has 1 unspecified atom stereocenters. The smallest absolute Gasteiger partial charge is 0.205 e. The molecule has 0 saturated carbocycles. The molecule has 1 atom stereocenters. The molecule has 0 saturated heterocycles. The van der Waals surface area contributed by atoms with E-state index in [9.17, 15) is 0 Å². The molecule has 94 valence electrons. The fraction of sp³-hybridized carbons (Fsp3) is 0.857. The van der Waals surface area contributed by atoms with Crippen LogP contribution in [0, 0.1) is 11.3 Å². The van der Waals surface area contributed by atoms with E-state index < -0.39 is 0 Å². The summed E-state index contributed by atoms with van der Waals surface area (Å²) in [6, 6.07) is 0. The van der Waals surface area contributed by atoms with Crippen molar-refractivity contribution in [1.29, 1.82) is 0 Å². The minimum Gasteiger partial charge on any atom is -0.358 e. The van der Waals surface area contributed by atoms with Gasteiger partial charge in [-0.25, -0.2) is 0 Å². The maximum absolute atomic E-state index is 3.57. The van der Waals surface area contributed by atoms with Crippen molar-refractivity contribution in [3.8, 4) is 0 Å². The Kier molecular flexibility index (Phi) is 7.83. The number of allylic oxidation sites excluding steroid dienone is 2. The van der Waals surface area contributed by atoms with E-state index in [4.69, 9.17) is 0 Å². The first-order chi connectivity index (χ1) is 7.46. The Labute approximate surface area is 103 Å².